The Balaban J connectivity index is 2.31. The van der Waals surface area contributed by atoms with Crippen LogP contribution < -0.4 is 0 Å². The molecule has 0 unspecified atom stereocenters. The fourth-order valence-electron chi connectivity index (χ4n) is 1.56. The van der Waals surface area contributed by atoms with E-state index in [-0.39, 0.29) is 5.97 Å². The van der Waals surface area contributed by atoms with Gasteiger partial charge in [0.05, 0.1) is 11.4 Å². The fraction of sp³-hybridized carbons (Fsp3) is 0.583. The first-order chi connectivity index (χ1) is 8.15. The van der Waals surface area contributed by atoms with E-state index in [0.29, 0.717) is 6.42 Å². The maximum absolute atomic E-state index is 11.0. The number of methoxy groups -OCH3 is 1. The number of thiophene rings is 1. The monoisotopic (exact) mass is 275 g/mol. The van der Waals surface area contributed by atoms with Gasteiger partial charge in [0.25, 0.3) is 0 Å². The van der Waals surface area contributed by atoms with Crippen LogP contribution in [0.1, 0.15) is 24.6 Å². The second-order valence-electron chi connectivity index (χ2n) is 3.75. The maximum Gasteiger partial charge on any atom is 0.305 e. The topological polar surface area (TPSA) is 29.5 Å². The highest BCUT2D eigenvalue weighted by Gasteiger charge is 2.07. The molecule has 0 aliphatic heterocycles. The van der Waals surface area contributed by atoms with Gasteiger partial charge >= 0.3 is 5.97 Å². The van der Waals surface area contributed by atoms with Crippen molar-refractivity contribution < 1.29 is 9.53 Å². The highest BCUT2D eigenvalue weighted by Crippen LogP contribution is 2.22. The highest BCUT2D eigenvalue weighted by molar-refractivity contribution is 7.16. The Hall–Kier alpha value is -0.580. The lowest BCUT2D eigenvalue weighted by molar-refractivity contribution is -0.140. The van der Waals surface area contributed by atoms with Gasteiger partial charge in [0, 0.05) is 17.8 Å². The Morgan fingerprint density at radius 3 is 2.82 bits per heavy atom. The van der Waals surface area contributed by atoms with Gasteiger partial charge in [-0.25, -0.2) is 0 Å². The Morgan fingerprint density at radius 1 is 1.53 bits per heavy atom. The van der Waals surface area contributed by atoms with E-state index in [1.54, 1.807) is 11.3 Å². The largest absolute Gasteiger partial charge is 0.469 e. The van der Waals surface area contributed by atoms with Crippen molar-refractivity contribution in [1.29, 1.82) is 0 Å². The molecule has 0 saturated carbocycles. The zero-order valence-electron chi connectivity index (χ0n) is 10.2. The van der Waals surface area contributed by atoms with Crippen LogP contribution in [-0.4, -0.2) is 31.1 Å². The minimum absolute atomic E-state index is 0.139. The second-order valence-corrected chi connectivity index (χ2v) is 5.55. The molecule has 0 aliphatic rings. The van der Waals surface area contributed by atoms with Gasteiger partial charge in [0.1, 0.15) is 0 Å². The predicted molar refractivity (Wildman–Crippen MR) is 71.5 cm³/mol. The summed E-state index contributed by atoms with van der Waals surface area (Å²) in [6, 6.07) is 3.97. The number of carbonyl (C=O) groups is 1. The molecule has 5 heteroatoms. The molecular formula is C12H18ClNO2S. The van der Waals surface area contributed by atoms with E-state index >= 15 is 0 Å². The van der Waals surface area contributed by atoms with Crippen molar-refractivity contribution in [3.8, 4) is 0 Å². The summed E-state index contributed by atoms with van der Waals surface area (Å²) in [6.45, 7) is 4.89. The van der Waals surface area contributed by atoms with Crippen LogP contribution in [0.4, 0.5) is 0 Å². The molecule has 0 N–H and O–H groups in total. The van der Waals surface area contributed by atoms with Crippen LogP contribution in [0.2, 0.25) is 4.34 Å². The molecule has 0 fully saturated rings. The molecule has 1 heterocycles. The van der Waals surface area contributed by atoms with Gasteiger partial charge in [-0.15, -0.1) is 11.3 Å². The smallest absolute Gasteiger partial charge is 0.305 e. The number of esters is 1. The van der Waals surface area contributed by atoms with Crippen LogP contribution in [0.5, 0.6) is 0 Å². The minimum atomic E-state index is -0.139. The van der Waals surface area contributed by atoms with Crippen molar-refractivity contribution in [2.24, 2.45) is 0 Å². The van der Waals surface area contributed by atoms with Crippen molar-refractivity contribution in [3.63, 3.8) is 0 Å². The van der Waals surface area contributed by atoms with Gasteiger partial charge in [-0.05, 0) is 31.6 Å². The van der Waals surface area contributed by atoms with Crippen LogP contribution in [0.15, 0.2) is 12.1 Å². The molecule has 0 saturated heterocycles. The predicted octanol–water partition coefficient (Wildman–Crippen LogP) is 3.18. The van der Waals surface area contributed by atoms with E-state index in [4.69, 9.17) is 11.6 Å². The molecule has 1 rings (SSSR count). The molecule has 3 nitrogen and oxygen atoms in total. The number of nitrogens with zero attached hydrogens (tertiary/aromatic N) is 1. The molecule has 0 amide bonds. The van der Waals surface area contributed by atoms with Gasteiger partial charge in [-0.2, -0.15) is 0 Å². The summed E-state index contributed by atoms with van der Waals surface area (Å²) in [5, 5.41) is 0. The highest BCUT2D eigenvalue weighted by atomic mass is 35.5. The van der Waals surface area contributed by atoms with Gasteiger partial charge < -0.3 is 4.74 Å². The van der Waals surface area contributed by atoms with Crippen molar-refractivity contribution in [2.45, 2.75) is 26.3 Å². The number of hydrogen-bond acceptors (Lipinski definition) is 4. The molecule has 1 aromatic rings. The molecule has 96 valence electrons. The first-order valence-corrected chi connectivity index (χ1v) is 6.88. The van der Waals surface area contributed by atoms with Crippen molar-refractivity contribution in [3.05, 3.63) is 21.3 Å². The lowest BCUT2D eigenvalue weighted by Gasteiger charge is -2.18. The quantitative estimate of drug-likeness (QED) is 0.716. The summed E-state index contributed by atoms with van der Waals surface area (Å²) in [4.78, 5) is 14.5. The van der Waals surface area contributed by atoms with Crippen LogP contribution in [0.3, 0.4) is 0 Å². The molecule has 17 heavy (non-hydrogen) atoms. The van der Waals surface area contributed by atoms with Crippen molar-refractivity contribution in [1.82, 2.24) is 4.90 Å². The molecule has 0 aromatic carbocycles. The Bertz CT molecular complexity index is 354. The fourth-order valence-corrected chi connectivity index (χ4v) is 2.69. The van der Waals surface area contributed by atoms with Gasteiger partial charge in [0.15, 0.2) is 0 Å². The van der Waals surface area contributed by atoms with E-state index in [2.05, 4.69) is 22.6 Å². The average molecular weight is 276 g/mol. The van der Waals surface area contributed by atoms with Gasteiger partial charge in [-0.1, -0.05) is 18.5 Å². The van der Waals surface area contributed by atoms with Crippen LogP contribution >= 0.6 is 22.9 Å². The first kappa shape index (κ1) is 14.5. The molecule has 0 aliphatic carbocycles. The normalized spacial score (nSPS) is 10.8. The van der Waals surface area contributed by atoms with Crippen molar-refractivity contribution in [2.75, 3.05) is 20.2 Å². The summed E-state index contributed by atoms with van der Waals surface area (Å²) in [6.07, 6.45) is 1.32. The summed E-state index contributed by atoms with van der Waals surface area (Å²) >= 11 is 7.50. The standard InChI is InChI=1S/C12H18ClNO2S/c1-3-14(8-4-5-12(15)16-2)9-10-6-7-11(13)17-10/h6-7H,3-5,8-9H2,1-2H3. The number of rotatable bonds is 7. The molecular weight excluding hydrogens is 258 g/mol. The molecule has 0 radical (unpaired) electrons. The van der Waals surface area contributed by atoms with E-state index in [0.717, 1.165) is 30.4 Å². The molecule has 0 spiro atoms. The Morgan fingerprint density at radius 2 is 2.29 bits per heavy atom. The van der Waals surface area contributed by atoms with Crippen molar-refractivity contribution >= 4 is 28.9 Å². The van der Waals surface area contributed by atoms with Gasteiger partial charge in [-0.3, -0.25) is 9.69 Å². The Kier molecular flexibility index (Phi) is 6.55. The van der Waals surface area contributed by atoms with Crippen LogP contribution in [-0.2, 0) is 16.1 Å². The molecule has 0 bridgehead atoms. The van der Waals surface area contributed by atoms with E-state index < -0.39 is 0 Å². The van der Waals surface area contributed by atoms with Crippen LogP contribution in [0.25, 0.3) is 0 Å². The zero-order valence-corrected chi connectivity index (χ0v) is 11.8. The summed E-state index contributed by atoms with van der Waals surface area (Å²) in [5.41, 5.74) is 0. The van der Waals surface area contributed by atoms with Gasteiger partial charge in [0.2, 0.25) is 0 Å². The zero-order chi connectivity index (χ0) is 12.7. The number of ether oxygens (including phenoxy) is 1. The second kappa shape index (κ2) is 7.69. The van der Waals surface area contributed by atoms with Crippen LogP contribution in [0, 0.1) is 0 Å². The third-order valence-electron chi connectivity index (χ3n) is 2.54. The lowest BCUT2D eigenvalue weighted by Crippen LogP contribution is -2.24. The number of halogens is 1. The SMILES string of the molecule is CCN(CCCC(=O)OC)Cc1ccc(Cl)s1. The minimum Gasteiger partial charge on any atom is -0.469 e. The summed E-state index contributed by atoms with van der Waals surface area (Å²) in [7, 11) is 1.42. The first-order valence-electron chi connectivity index (χ1n) is 5.69. The Labute approximate surface area is 111 Å². The number of carbonyl (C=O) groups excluding carboxylic acids is 1. The third kappa shape index (κ3) is 5.52. The molecule has 0 atom stereocenters. The average Bonchev–Trinajstić information content (AvgIpc) is 2.73. The summed E-state index contributed by atoms with van der Waals surface area (Å²) in [5.74, 6) is -0.139. The third-order valence-corrected chi connectivity index (χ3v) is 3.75. The van der Waals surface area contributed by atoms with E-state index in [1.807, 2.05) is 6.07 Å². The van der Waals surface area contributed by atoms with E-state index in [9.17, 15) is 4.79 Å². The number of hydrogen-bond donors (Lipinski definition) is 0. The van der Waals surface area contributed by atoms with E-state index in [1.165, 1.54) is 12.0 Å². The summed E-state index contributed by atoms with van der Waals surface area (Å²) < 4.78 is 5.44. The lowest BCUT2D eigenvalue weighted by atomic mass is 10.3. The molecule has 1 aromatic heterocycles. The maximum atomic E-state index is 11.0.